The molecule has 0 bridgehead atoms. The Labute approximate surface area is 135 Å². The smallest absolute Gasteiger partial charge is 0.244 e. The fraction of sp³-hybridized carbons (Fsp3) is 0.235. The van der Waals surface area contributed by atoms with E-state index < -0.39 is 6.04 Å². The van der Waals surface area contributed by atoms with Gasteiger partial charge in [0.2, 0.25) is 5.91 Å². The van der Waals surface area contributed by atoms with Crippen molar-refractivity contribution in [3.63, 3.8) is 0 Å². The van der Waals surface area contributed by atoms with E-state index in [9.17, 15) is 4.79 Å². The van der Waals surface area contributed by atoms with Crippen molar-refractivity contribution in [2.24, 2.45) is 5.73 Å². The van der Waals surface area contributed by atoms with Gasteiger partial charge in [0.15, 0.2) is 0 Å². The number of likely N-dealkylation sites (N-methyl/N-ethyl adjacent to an activating group) is 1. The first-order valence-corrected chi connectivity index (χ1v) is 7.28. The number of nitrogens with two attached hydrogens (primary N) is 1. The Morgan fingerprint density at radius 1 is 1.27 bits per heavy atom. The SMILES string of the molecule is COc1ccc(Cl)cc1CN(C)C(=O)[C@H](N)c1ccccc1. The maximum atomic E-state index is 12.5. The van der Waals surface area contributed by atoms with Crippen LogP contribution in [0.15, 0.2) is 48.5 Å². The molecule has 0 saturated carbocycles. The molecule has 0 spiro atoms. The molecule has 2 rings (SSSR count). The highest BCUT2D eigenvalue weighted by atomic mass is 35.5. The largest absolute Gasteiger partial charge is 0.496 e. The van der Waals surface area contributed by atoms with E-state index in [0.29, 0.717) is 17.3 Å². The lowest BCUT2D eigenvalue weighted by atomic mass is 10.1. The number of methoxy groups -OCH3 is 1. The molecule has 0 aliphatic heterocycles. The molecule has 0 aliphatic rings. The number of amides is 1. The zero-order valence-corrected chi connectivity index (χ0v) is 13.4. The van der Waals surface area contributed by atoms with Gasteiger partial charge in [-0.15, -0.1) is 0 Å². The molecule has 0 fully saturated rings. The van der Waals surface area contributed by atoms with Crippen molar-refractivity contribution in [3.8, 4) is 5.75 Å². The molecule has 5 heteroatoms. The predicted octanol–water partition coefficient (Wildman–Crippen LogP) is 3.01. The number of carbonyl (C=O) groups excluding carboxylic acids is 1. The van der Waals surface area contributed by atoms with E-state index in [-0.39, 0.29) is 5.91 Å². The molecule has 2 N–H and O–H groups in total. The molecular weight excluding hydrogens is 300 g/mol. The van der Waals surface area contributed by atoms with Gasteiger partial charge in [-0.2, -0.15) is 0 Å². The molecule has 0 radical (unpaired) electrons. The summed E-state index contributed by atoms with van der Waals surface area (Å²) in [6.45, 7) is 0.378. The number of hydrogen-bond donors (Lipinski definition) is 1. The molecule has 2 aromatic carbocycles. The molecular formula is C17H19ClN2O2. The third kappa shape index (κ3) is 3.78. The van der Waals surface area contributed by atoms with Crippen molar-refractivity contribution in [1.82, 2.24) is 4.90 Å². The molecule has 0 aliphatic carbocycles. The molecule has 2 aromatic rings. The molecule has 0 unspecified atom stereocenters. The van der Waals surface area contributed by atoms with Crippen LogP contribution in [0.4, 0.5) is 0 Å². The van der Waals surface area contributed by atoms with Crippen LogP contribution in [-0.4, -0.2) is 25.0 Å². The Bertz CT molecular complexity index is 646. The van der Waals surface area contributed by atoms with Gasteiger partial charge in [0.25, 0.3) is 0 Å². The van der Waals surface area contributed by atoms with Crippen molar-refractivity contribution in [1.29, 1.82) is 0 Å². The quantitative estimate of drug-likeness (QED) is 0.922. The number of carbonyl (C=O) groups is 1. The summed E-state index contributed by atoms with van der Waals surface area (Å²) < 4.78 is 5.30. The van der Waals surface area contributed by atoms with Crippen molar-refractivity contribution < 1.29 is 9.53 Å². The van der Waals surface area contributed by atoms with E-state index in [1.54, 1.807) is 37.3 Å². The average molecular weight is 319 g/mol. The lowest BCUT2D eigenvalue weighted by molar-refractivity contribution is -0.132. The number of benzene rings is 2. The standard InChI is InChI=1S/C17H19ClN2O2/c1-20(11-13-10-14(18)8-9-15(13)22-2)17(21)16(19)12-6-4-3-5-7-12/h3-10,16H,11,19H2,1-2H3/t16-/m1/s1. The lowest BCUT2D eigenvalue weighted by Gasteiger charge is -2.22. The summed E-state index contributed by atoms with van der Waals surface area (Å²) >= 11 is 6.01. The van der Waals surface area contributed by atoms with Crippen LogP contribution < -0.4 is 10.5 Å². The van der Waals surface area contributed by atoms with Gasteiger partial charge in [-0.1, -0.05) is 41.9 Å². The van der Waals surface area contributed by atoms with Crippen molar-refractivity contribution >= 4 is 17.5 Å². The molecule has 0 saturated heterocycles. The first kappa shape index (κ1) is 16.3. The van der Waals surface area contributed by atoms with Crippen LogP contribution >= 0.6 is 11.6 Å². The first-order chi connectivity index (χ1) is 10.5. The van der Waals surface area contributed by atoms with E-state index in [1.165, 1.54) is 0 Å². The summed E-state index contributed by atoms with van der Waals surface area (Å²) in [4.78, 5) is 14.0. The van der Waals surface area contributed by atoms with Gasteiger partial charge >= 0.3 is 0 Å². The Kier molecular flexibility index (Phi) is 5.41. The molecule has 1 amide bonds. The van der Waals surface area contributed by atoms with E-state index in [4.69, 9.17) is 22.1 Å². The van der Waals surface area contributed by atoms with E-state index in [1.807, 2.05) is 30.3 Å². The van der Waals surface area contributed by atoms with Crippen LogP contribution in [0.2, 0.25) is 5.02 Å². The van der Waals surface area contributed by atoms with E-state index in [2.05, 4.69) is 0 Å². The predicted molar refractivity (Wildman–Crippen MR) is 87.8 cm³/mol. The minimum absolute atomic E-state index is 0.159. The highest BCUT2D eigenvalue weighted by Gasteiger charge is 2.20. The van der Waals surface area contributed by atoms with Crippen molar-refractivity contribution in [2.45, 2.75) is 12.6 Å². The van der Waals surface area contributed by atoms with Crippen LogP contribution in [0.1, 0.15) is 17.2 Å². The minimum atomic E-state index is -0.684. The van der Waals surface area contributed by atoms with Crippen LogP contribution in [0.25, 0.3) is 0 Å². The normalized spacial score (nSPS) is 11.8. The van der Waals surface area contributed by atoms with Gasteiger partial charge in [0.05, 0.1) is 7.11 Å². The monoisotopic (exact) mass is 318 g/mol. The second-order valence-corrected chi connectivity index (χ2v) is 5.48. The van der Waals surface area contributed by atoms with Crippen molar-refractivity contribution in [2.75, 3.05) is 14.2 Å². The molecule has 0 heterocycles. The van der Waals surface area contributed by atoms with Crippen LogP contribution in [0, 0.1) is 0 Å². The van der Waals surface area contributed by atoms with Gasteiger partial charge in [-0.3, -0.25) is 4.79 Å². The maximum Gasteiger partial charge on any atom is 0.244 e. The number of nitrogens with zero attached hydrogens (tertiary/aromatic N) is 1. The second-order valence-electron chi connectivity index (χ2n) is 5.04. The fourth-order valence-corrected chi connectivity index (χ4v) is 2.44. The Balaban J connectivity index is 2.13. The van der Waals surface area contributed by atoms with Gasteiger partial charge in [-0.25, -0.2) is 0 Å². The minimum Gasteiger partial charge on any atom is -0.496 e. The molecule has 22 heavy (non-hydrogen) atoms. The molecule has 4 nitrogen and oxygen atoms in total. The summed E-state index contributed by atoms with van der Waals surface area (Å²) in [5.74, 6) is 0.533. The Morgan fingerprint density at radius 2 is 1.95 bits per heavy atom. The van der Waals surface area contributed by atoms with Gasteiger partial charge in [0, 0.05) is 24.2 Å². The van der Waals surface area contributed by atoms with Gasteiger partial charge in [-0.05, 0) is 23.8 Å². The number of rotatable bonds is 5. The van der Waals surface area contributed by atoms with Gasteiger partial charge in [0.1, 0.15) is 11.8 Å². The average Bonchev–Trinajstić information content (AvgIpc) is 2.54. The van der Waals surface area contributed by atoms with Gasteiger partial charge < -0.3 is 15.4 Å². The first-order valence-electron chi connectivity index (χ1n) is 6.91. The maximum absolute atomic E-state index is 12.5. The summed E-state index contributed by atoms with van der Waals surface area (Å²) in [6, 6.07) is 13.9. The van der Waals surface area contributed by atoms with Crippen LogP contribution in [0.3, 0.4) is 0 Å². The number of ether oxygens (including phenoxy) is 1. The van der Waals surface area contributed by atoms with Crippen LogP contribution in [0.5, 0.6) is 5.75 Å². The third-order valence-corrected chi connectivity index (χ3v) is 3.69. The molecule has 0 aromatic heterocycles. The Morgan fingerprint density at radius 3 is 2.59 bits per heavy atom. The summed E-state index contributed by atoms with van der Waals surface area (Å²) in [5, 5.41) is 0.601. The van der Waals surface area contributed by atoms with Crippen LogP contribution in [-0.2, 0) is 11.3 Å². The van der Waals surface area contributed by atoms with E-state index >= 15 is 0 Å². The highest BCUT2D eigenvalue weighted by Crippen LogP contribution is 2.24. The third-order valence-electron chi connectivity index (χ3n) is 3.45. The topological polar surface area (TPSA) is 55.6 Å². The highest BCUT2D eigenvalue weighted by molar-refractivity contribution is 6.30. The lowest BCUT2D eigenvalue weighted by Crippen LogP contribution is -2.35. The number of hydrogen-bond acceptors (Lipinski definition) is 3. The second kappa shape index (κ2) is 7.29. The molecule has 1 atom stereocenters. The van der Waals surface area contributed by atoms with Crippen molar-refractivity contribution in [3.05, 3.63) is 64.7 Å². The zero-order valence-electron chi connectivity index (χ0n) is 12.6. The zero-order chi connectivity index (χ0) is 16.1. The summed E-state index contributed by atoms with van der Waals surface area (Å²) in [6.07, 6.45) is 0. The summed E-state index contributed by atoms with van der Waals surface area (Å²) in [7, 11) is 3.30. The number of halogens is 1. The molecule has 116 valence electrons. The van der Waals surface area contributed by atoms with E-state index in [0.717, 1.165) is 11.1 Å². The summed E-state index contributed by atoms with van der Waals surface area (Å²) in [5.41, 5.74) is 7.67. The Hall–Kier alpha value is -2.04. The fourth-order valence-electron chi connectivity index (χ4n) is 2.24.